The monoisotopic (exact) mass is 350 g/mol. The largest absolute Gasteiger partial charge is 0.276 e. The molecule has 26 heavy (non-hydrogen) atoms. The van der Waals surface area contributed by atoms with Crippen molar-refractivity contribution < 1.29 is 0 Å². The number of aromatic nitrogens is 7. The van der Waals surface area contributed by atoms with Crippen LogP contribution in [0.15, 0.2) is 23.6 Å². The van der Waals surface area contributed by atoms with Gasteiger partial charge in [0.2, 0.25) is 0 Å². The lowest BCUT2D eigenvalue weighted by molar-refractivity contribution is 0.633. The Labute approximate surface area is 151 Å². The number of aryl methyl sites for hydroxylation is 4. The Kier molecular flexibility index (Phi) is 3.35. The summed E-state index contributed by atoms with van der Waals surface area (Å²) >= 11 is 0. The lowest BCUT2D eigenvalue weighted by Crippen LogP contribution is -2.18. The first kappa shape index (κ1) is 15.5. The Bertz CT molecular complexity index is 1000. The van der Waals surface area contributed by atoms with E-state index in [1.165, 1.54) is 11.3 Å². The number of fused-ring (bicyclic) bond motifs is 1. The smallest absolute Gasteiger partial charge is 0.155 e. The van der Waals surface area contributed by atoms with Crippen LogP contribution in [0.25, 0.3) is 0 Å². The van der Waals surface area contributed by atoms with Gasteiger partial charge in [-0.3, -0.25) is 9.36 Å². The standard InChI is InChI=1S/C18H22N8/c1-4-25-17(15-5-6-18-21-20-11(2)26(18)23-15)8-16(22-25)14-7-13(14)12-9-19-24(3)10-12/h8-10,13-14H,4-7H2,1-3H3. The molecular formula is C18H22N8. The molecule has 1 aliphatic carbocycles. The van der Waals surface area contributed by atoms with E-state index in [1.54, 1.807) is 0 Å². The van der Waals surface area contributed by atoms with E-state index in [9.17, 15) is 0 Å². The highest BCUT2D eigenvalue weighted by Crippen LogP contribution is 2.54. The highest BCUT2D eigenvalue weighted by Gasteiger charge is 2.42. The molecule has 0 spiro atoms. The molecule has 4 heterocycles. The molecule has 0 saturated heterocycles. The SMILES string of the molecule is CCn1nc(C2CC2c2cnn(C)c2)cc1C1=Nn2c(C)nnc2CC1. The topological polar surface area (TPSA) is 78.7 Å². The third-order valence-corrected chi connectivity index (χ3v) is 5.38. The summed E-state index contributed by atoms with van der Waals surface area (Å²) in [5, 5.41) is 22.3. The molecule has 8 heteroatoms. The zero-order chi connectivity index (χ0) is 17.8. The van der Waals surface area contributed by atoms with Crippen molar-refractivity contribution in [3.63, 3.8) is 0 Å². The number of hydrogen-bond donors (Lipinski definition) is 0. The Balaban J connectivity index is 1.46. The number of rotatable bonds is 4. The van der Waals surface area contributed by atoms with Gasteiger partial charge in [0.15, 0.2) is 11.6 Å². The van der Waals surface area contributed by atoms with Crippen molar-refractivity contribution in [2.24, 2.45) is 12.1 Å². The lowest BCUT2D eigenvalue weighted by Gasteiger charge is -2.14. The van der Waals surface area contributed by atoms with Crippen LogP contribution in [-0.2, 0) is 20.0 Å². The predicted molar refractivity (Wildman–Crippen MR) is 96.2 cm³/mol. The van der Waals surface area contributed by atoms with Gasteiger partial charge in [0.25, 0.3) is 0 Å². The summed E-state index contributed by atoms with van der Waals surface area (Å²) in [5.74, 6) is 2.80. The summed E-state index contributed by atoms with van der Waals surface area (Å²) in [7, 11) is 1.97. The van der Waals surface area contributed by atoms with Crippen molar-refractivity contribution in [3.8, 4) is 0 Å². The fourth-order valence-corrected chi connectivity index (χ4v) is 3.88. The van der Waals surface area contributed by atoms with Crippen molar-refractivity contribution >= 4 is 5.71 Å². The summed E-state index contributed by atoms with van der Waals surface area (Å²) in [5.41, 5.74) is 4.67. The lowest BCUT2D eigenvalue weighted by atomic mass is 10.1. The molecule has 3 aromatic heterocycles. The van der Waals surface area contributed by atoms with E-state index in [0.717, 1.165) is 48.9 Å². The van der Waals surface area contributed by atoms with Gasteiger partial charge in [-0.1, -0.05) is 0 Å². The molecule has 2 atom stereocenters. The average molecular weight is 350 g/mol. The highest BCUT2D eigenvalue weighted by molar-refractivity contribution is 5.99. The van der Waals surface area contributed by atoms with E-state index in [4.69, 9.17) is 10.2 Å². The first-order valence-electron chi connectivity index (χ1n) is 9.19. The average Bonchev–Trinajstić information content (AvgIpc) is 2.97. The van der Waals surface area contributed by atoms with Crippen LogP contribution in [0.4, 0.5) is 0 Å². The van der Waals surface area contributed by atoms with Crippen LogP contribution in [0.2, 0.25) is 0 Å². The van der Waals surface area contributed by atoms with Crippen LogP contribution in [0.3, 0.4) is 0 Å². The molecule has 1 aliphatic heterocycles. The maximum Gasteiger partial charge on any atom is 0.155 e. The van der Waals surface area contributed by atoms with Gasteiger partial charge >= 0.3 is 0 Å². The third kappa shape index (κ3) is 2.40. The van der Waals surface area contributed by atoms with Crippen LogP contribution in [0, 0.1) is 6.92 Å². The van der Waals surface area contributed by atoms with Gasteiger partial charge in [0, 0.05) is 38.5 Å². The van der Waals surface area contributed by atoms with Gasteiger partial charge in [-0.15, -0.1) is 10.2 Å². The van der Waals surface area contributed by atoms with Crippen LogP contribution in [0.1, 0.15) is 60.2 Å². The fourth-order valence-electron chi connectivity index (χ4n) is 3.88. The molecule has 2 aliphatic rings. The van der Waals surface area contributed by atoms with Crippen LogP contribution in [-0.4, -0.2) is 40.1 Å². The van der Waals surface area contributed by atoms with Gasteiger partial charge in [0.05, 0.1) is 23.3 Å². The highest BCUT2D eigenvalue weighted by atomic mass is 15.5. The molecule has 3 aromatic rings. The first-order chi connectivity index (χ1) is 12.6. The maximum atomic E-state index is 4.88. The molecule has 0 aromatic carbocycles. The van der Waals surface area contributed by atoms with Crippen molar-refractivity contribution in [1.29, 1.82) is 0 Å². The zero-order valence-corrected chi connectivity index (χ0v) is 15.3. The minimum Gasteiger partial charge on any atom is -0.276 e. The molecular weight excluding hydrogens is 328 g/mol. The first-order valence-corrected chi connectivity index (χ1v) is 9.19. The summed E-state index contributed by atoms with van der Waals surface area (Å²) in [4.78, 5) is 0. The maximum absolute atomic E-state index is 4.88. The normalized spacial score (nSPS) is 21.6. The zero-order valence-electron chi connectivity index (χ0n) is 15.3. The minimum atomic E-state index is 0.488. The van der Waals surface area contributed by atoms with Gasteiger partial charge in [-0.25, -0.2) is 4.68 Å². The minimum absolute atomic E-state index is 0.488. The predicted octanol–water partition coefficient (Wildman–Crippen LogP) is 2.01. The molecule has 0 N–H and O–H groups in total. The van der Waals surface area contributed by atoms with Crippen molar-refractivity contribution in [1.82, 2.24) is 34.4 Å². The van der Waals surface area contributed by atoms with E-state index in [2.05, 4.69) is 39.2 Å². The third-order valence-electron chi connectivity index (χ3n) is 5.38. The van der Waals surface area contributed by atoms with E-state index < -0.39 is 0 Å². The van der Waals surface area contributed by atoms with Crippen LogP contribution >= 0.6 is 0 Å². The van der Waals surface area contributed by atoms with Crippen molar-refractivity contribution in [2.75, 3.05) is 0 Å². The Morgan fingerprint density at radius 2 is 2.08 bits per heavy atom. The second-order valence-corrected chi connectivity index (χ2v) is 7.19. The molecule has 0 amide bonds. The summed E-state index contributed by atoms with van der Waals surface area (Å²) in [6.07, 6.45) is 6.98. The number of nitrogens with zero attached hydrogens (tertiary/aromatic N) is 8. The molecule has 134 valence electrons. The van der Waals surface area contributed by atoms with Crippen molar-refractivity contribution in [3.05, 3.63) is 47.1 Å². The molecule has 8 nitrogen and oxygen atoms in total. The molecule has 0 radical (unpaired) electrons. The molecule has 0 bridgehead atoms. The summed E-state index contributed by atoms with van der Waals surface area (Å²) in [6.45, 7) is 4.91. The second kappa shape index (κ2) is 5.62. The van der Waals surface area contributed by atoms with E-state index in [1.807, 2.05) is 29.5 Å². The van der Waals surface area contributed by atoms with Gasteiger partial charge in [0.1, 0.15) is 0 Å². The summed E-state index contributed by atoms with van der Waals surface area (Å²) in [6, 6.07) is 2.23. The van der Waals surface area contributed by atoms with Gasteiger partial charge in [-0.2, -0.15) is 15.3 Å². The number of hydrogen-bond acceptors (Lipinski definition) is 5. The van der Waals surface area contributed by atoms with Crippen molar-refractivity contribution in [2.45, 2.75) is 51.5 Å². The Hall–Kier alpha value is -2.77. The molecule has 5 rings (SSSR count). The molecule has 2 unspecified atom stereocenters. The fraction of sp³-hybridized carbons (Fsp3) is 0.500. The van der Waals surface area contributed by atoms with Crippen LogP contribution in [0.5, 0.6) is 0 Å². The van der Waals surface area contributed by atoms with Crippen LogP contribution < -0.4 is 0 Å². The Morgan fingerprint density at radius 3 is 2.85 bits per heavy atom. The van der Waals surface area contributed by atoms with E-state index in [0.29, 0.717) is 11.8 Å². The Morgan fingerprint density at radius 1 is 1.19 bits per heavy atom. The van der Waals surface area contributed by atoms with E-state index in [-0.39, 0.29) is 0 Å². The van der Waals surface area contributed by atoms with E-state index >= 15 is 0 Å². The summed E-state index contributed by atoms with van der Waals surface area (Å²) < 4.78 is 5.81. The molecule has 1 saturated carbocycles. The quantitative estimate of drug-likeness (QED) is 0.721. The van der Waals surface area contributed by atoms with Gasteiger partial charge < -0.3 is 0 Å². The molecule has 1 fully saturated rings. The second-order valence-electron chi connectivity index (χ2n) is 7.19. The van der Waals surface area contributed by atoms with Gasteiger partial charge in [-0.05, 0) is 37.8 Å².